The molecule has 1 heterocycles. The second-order valence-electron chi connectivity index (χ2n) is 6.17. The Kier molecular flexibility index (Phi) is 7.92. The van der Waals surface area contributed by atoms with E-state index in [2.05, 4.69) is 37.6 Å². The minimum atomic E-state index is 0.838. The molecule has 0 saturated carbocycles. The Labute approximate surface area is 115 Å². The second-order valence-corrected chi connectivity index (χ2v) is 6.17. The van der Waals surface area contributed by atoms with Crippen LogP contribution in [0.5, 0.6) is 0 Å². The average molecular weight is 254 g/mol. The van der Waals surface area contributed by atoms with Gasteiger partial charge in [0, 0.05) is 32.2 Å². The molecule has 2 heteroatoms. The standard InChI is InChI=1S/C16H34N2/c1-5-7-9-15(3)16(10-8-6-2)18-13-11-17(4)12-14-18/h15-16H,5-14H2,1-4H3. The first kappa shape index (κ1) is 16.0. The van der Waals surface area contributed by atoms with Gasteiger partial charge in [0.25, 0.3) is 0 Å². The van der Waals surface area contributed by atoms with Crippen molar-refractivity contribution in [3.05, 3.63) is 0 Å². The van der Waals surface area contributed by atoms with Gasteiger partial charge in [-0.3, -0.25) is 4.90 Å². The van der Waals surface area contributed by atoms with Crippen LogP contribution in [0.1, 0.15) is 59.3 Å². The van der Waals surface area contributed by atoms with E-state index in [9.17, 15) is 0 Å². The molecule has 0 aliphatic carbocycles. The highest BCUT2D eigenvalue weighted by molar-refractivity contribution is 4.81. The van der Waals surface area contributed by atoms with E-state index in [1.807, 2.05) is 0 Å². The van der Waals surface area contributed by atoms with Crippen molar-refractivity contribution in [3.63, 3.8) is 0 Å². The van der Waals surface area contributed by atoms with Crippen LogP contribution in [-0.2, 0) is 0 Å². The quantitative estimate of drug-likeness (QED) is 0.653. The van der Waals surface area contributed by atoms with Crippen molar-refractivity contribution in [1.29, 1.82) is 0 Å². The number of likely N-dealkylation sites (N-methyl/N-ethyl adjacent to an activating group) is 1. The zero-order chi connectivity index (χ0) is 13.4. The molecule has 0 amide bonds. The minimum absolute atomic E-state index is 0.838. The van der Waals surface area contributed by atoms with Crippen LogP contribution in [-0.4, -0.2) is 49.1 Å². The Morgan fingerprint density at radius 3 is 2.00 bits per heavy atom. The highest BCUT2D eigenvalue weighted by Crippen LogP contribution is 2.23. The van der Waals surface area contributed by atoms with Gasteiger partial charge in [0.2, 0.25) is 0 Å². The molecule has 0 aromatic heterocycles. The van der Waals surface area contributed by atoms with E-state index in [0.29, 0.717) is 0 Å². The van der Waals surface area contributed by atoms with Gasteiger partial charge in [-0.05, 0) is 25.8 Å². The van der Waals surface area contributed by atoms with E-state index < -0.39 is 0 Å². The average Bonchev–Trinajstić information content (AvgIpc) is 2.38. The lowest BCUT2D eigenvalue weighted by Gasteiger charge is -2.41. The normalized spacial score (nSPS) is 22.0. The monoisotopic (exact) mass is 254 g/mol. The number of unbranched alkanes of at least 4 members (excludes halogenated alkanes) is 2. The van der Waals surface area contributed by atoms with Gasteiger partial charge in [-0.2, -0.15) is 0 Å². The van der Waals surface area contributed by atoms with E-state index >= 15 is 0 Å². The Bertz CT molecular complexity index is 197. The van der Waals surface area contributed by atoms with Gasteiger partial charge >= 0.3 is 0 Å². The molecule has 0 aromatic carbocycles. The molecule has 1 aliphatic heterocycles. The summed E-state index contributed by atoms with van der Waals surface area (Å²) in [6, 6.07) is 0.838. The fourth-order valence-corrected chi connectivity index (χ4v) is 3.11. The smallest absolute Gasteiger partial charge is 0.0122 e. The molecule has 18 heavy (non-hydrogen) atoms. The van der Waals surface area contributed by atoms with Crippen LogP contribution in [0.15, 0.2) is 0 Å². The molecule has 108 valence electrons. The highest BCUT2D eigenvalue weighted by Gasteiger charge is 2.25. The van der Waals surface area contributed by atoms with E-state index in [1.54, 1.807) is 0 Å². The van der Waals surface area contributed by atoms with Crippen LogP contribution < -0.4 is 0 Å². The predicted octanol–water partition coefficient (Wildman–Crippen LogP) is 3.62. The van der Waals surface area contributed by atoms with E-state index in [1.165, 1.54) is 64.7 Å². The maximum atomic E-state index is 2.77. The van der Waals surface area contributed by atoms with Crippen molar-refractivity contribution in [2.45, 2.75) is 65.3 Å². The SMILES string of the molecule is CCCCC(C)C(CCCC)N1CCN(C)CC1. The molecule has 1 saturated heterocycles. The molecule has 0 radical (unpaired) electrons. The van der Waals surface area contributed by atoms with Crippen LogP contribution in [0, 0.1) is 5.92 Å². The molecule has 0 spiro atoms. The molecule has 0 bridgehead atoms. The Hall–Kier alpha value is -0.0800. The zero-order valence-electron chi connectivity index (χ0n) is 13.1. The summed E-state index contributed by atoms with van der Waals surface area (Å²) in [5.41, 5.74) is 0. The summed E-state index contributed by atoms with van der Waals surface area (Å²) in [5, 5.41) is 0. The van der Waals surface area contributed by atoms with E-state index in [4.69, 9.17) is 0 Å². The molecule has 2 nitrogen and oxygen atoms in total. The van der Waals surface area contributed by atoms with Crippen LogP contribution >= 0.6 is 0 Å². The lowest BCUT2D eigenvalue weighted by molar-refractivity contribution is 0.0750. The molecule has 1 rings (SSSR count). The van der Waals surface area contributed by atoms with Crippen molar-refractivity contribution in [2.75, 3.05) is 33.2 Å². The summed E-state index contributed by atoms with van der Waals surface area (Å²) in [7, 11) is 2.25. The third kappa shape index (κ3) is 5.27. The van der Waals surface area contributed by atoms with Crippen LogP contribution in [0.3, 0.4) is 0 Å². The summed E-state index contributed by atoms with van der Waals surface area (Å²) in [4.78, 5) is 5.24. The van der Waals surface area contributed by atoms with Crippen molar-refractivity contribution in [1.82, 2.24) is 9.80 Å². The van der Waals surface area contributed by atoms with Gasteiger partial charge in [0.15, 0.2) is 0 Å². The van der Waals surface area contributed by atoms with Gasteiger partial charge < -0.3 is 4.90 Å². The van der Waals surface area contributed by atoms with Gasteiger partial charge in [0.05, 0.1) is 0 Å². The first-order valence-corrected chi connectivity index (χ1v) is 8.11. The van der Waals surface area contributed by atoms with Crippen LogP contribution in [0.2, 0.25) is 0 Å². The number of rotatable bonds is 8. The first-order chi connectivity index (χ1) is 8.69. The fraction of sp³-hybridized carbons (Fsp3) is 1.00. The second kappa shape index (κ2) is 8.92. The van der Waals surface area contributed by atoms with E-state index in [0.717, 1.165) is 12.0 Å². The highest BCUT2D eigenvalue weighted by atomic mass is 15.3. The fourth-order valence-electron chi connectivity index (χ4n) is 3.11. The minimum Gasteiger partial charge on any atom is -0.304 e. The predicted molar refractivity (Wildman–Crippen MR) is 81.1 cm³/mol. The molecular formula is C16H34N2. The first-order valence-electron chi connectivity index (χ1n) is 8.11. The molecule has 1 aliphatic rings. The van der Waals surface area contributed by atoms with Crippen LogP contribution in [0.4, 0.5) is 0 Å². The summed E-state index contributed by atoms with van der Waals surface area (Å²) in [5.74, 6) is 0.875. The number of hydrogen-bond donors (Lipinski definition) is 0. The number of hydrogen-bond acceptors (Lipinski definition) is 2. The number of piperazine rings is 1. The summed E-state index contributed by atoms with van der Waals surface area (Å²) < 4.78 is 0. The van der Waals surface area contributed by atoms with Crippen molar-refractivity contribution < 1.29 is 0 Å². The zero-order valence-corrected chi connectivity index (χ0v) is 13.1. The topological polar surface area (TPSA) is 6.48 Å². The van der Waals surface area contributed by atoms with E-state index in [-0.39, 0.29) is 0 Å². The van der Waals surface area contributed by atoms with Crippen molar-refractivity contribution >= 4 is 0 Å². The molecule has 1 fully saturated rings. The Morgan fingerprint density at radius 1 is 0.889 bits per heavy atom. The molecule has 2 unspecified atom stereocenters. The summed E-state index contributed by atoms with van der Waals surface area (Å²) in [6.07, 6.45) is 8.30. The molecule has 0 N–H and O–H groups in total. The molecule has 2 atom stereocenters. The largest absolute Gasteiger partial charge is 0.304 e. The lowest BCUT2D eigenvalue weighted by Crippen LogP contribution is -2.50. The van der Waals surface area contributed by atoms with Crippen molar-refractivity contribution in [3.8, 4) is 0 Å². The molecular weight excluding hydrogens is 220 g/mol. The Morgan fingerprint density at radius 2 is 1.44 bits per heavy atom. The third-order valence-electron chi connectivity index (χ3n) is 4.53. The lowest BCUT2D eigenvalue weighted by atomic mass is 9.90. The Balaban J connectivity index is 2.47. The summed E-state index contributed by atoms with van der Waals surface area (Å²) >= 11 is 0. The van der Waals surface area contributed by atoms with Gasteiger partial charge in [-0.25, -0.2) is 0 Å². The maximum Gasteiger partial charge on any atom is 0.0122 e. The third-order valence-corrected chi connectivity index (χ3v) is 4.53. The van der Waals surface area contributed by atoms with Crippen LogP contribution in [0.25, 0.3) is 0 Å². The van der Waals surface area contributed by atoms with Gasteiger partial charge in [-0.15, -0.1) is 0 Å². The summed E-state index contributed by atoms with van der Waals surface area (Å²) in [6.45, 7) is 12.2. The van der Waals surface area contributed by atoms with Gasteiger partial charge in [-0.1, -0.05) is 46.5 Å². The van der Waals surface area contributed by atoms with Crippen molar-refractivity contribution in [2.24, 2.45) is 5.92 Å². The maximum absolute atomic E-state index is 2.77. The number of nitrogens with zero attached hydrogens (tertiary/aromatic N) is 2. The molecule has 0 aromatic rings. The van der Waals surface area contributed by atoms with Gasteiger partial charge in [0.1, 0.15) is 0 Å².